The van der Waals surface area contributed by atoms with Gasteiger partial charge in [-0.15, -0.1) is 0 Å². The van der Waals surface area contributed by atoms with Crippen LogP contribution in [0.25, 0.3) is 0 Å². The summed E-state index contributed by atoms with van der Waals surface area (Å²) in [7, 11) is 0. The molecule has 2 atom stereocenters. The summed E-state index contributed by atoms with van der Waals surface area (Å²) in [6, 6.07) is 12.7. The summed E-state index contributed by atoms with van der Waals surface area (Å²) in [6.45, 7) is 0. The van der Waals surface area contributed by atoms with E-state index < -0.39 is 35.1 Å². The second-order valence-electron chi connectivity index (χ2n) is 5.98. The molecule has 4 nitrogen and oxygen atoms in total. The molecule has 0 heterocycles. The molecule has 1 amide bonds. The standard InChI is InChI=1S/C18H14F3NO3/c19-18(20,21)13-8-4-7-12(9-13)15(23)22-17(16(24)25)10-14(17)11-5-2-1-3-6-11/h1-9,14H,10H2,(H,22,23)(H,24,25). The summed E-state index contributed by atoms with van der Waals surface area (Å²) in [5, 5.41) is 11.9. The Morgan fingerprint density at radius 3 is 2.36 bits per heavy atom. The summed E-state index contributed by atoms with van der Waals surface area (Å²) in [4.78, 5) is 24.0. The lowest BCUT2D eigenvalue weighted by Gasteiger charge is -2.16. The predicted molar refractivity (Wildman–Crippen MR) is 83.1 cm³/mol. The van der Waals surface area contributed by atoms with E-state index in [2.05, 4.69) is 5.32 Å². The van der Waals surface area contributed by atoms with Gasteiger partial charge in [-0.05, 0) is 30.2 Å². The smallest absolute Gasteiger partial charge is 0.416 e. The van der Waals surface area contributed by atoms with Crippen molar-refractivity contribution >= 4 is 11.9 Å². The maximum Gasteiger partial charge on any atom is 0.416 e. The summed E-state index contributed by atoms with van der Waals surface area (Å²) in [6.07, 6.45) is -4.38. The number of hydrogen-bond donors (Lipinski definition) is 2. The zero-order chi connectivity index (χ0) is 18.2. The van der Waals surface area contributed by atoms with Crippen LogP contribution in [0.5, 0.6) is 0 Å². The van der Waals surface area contributed by atoms with Crippen LogP contribution in [0.1, 0.15) is 33.8 Å². The van der Waals surface area contributed by atoms with E-state index in [0.717, 1.165) is 17.7 Å². The summed E-state index contributed by atoms with van der Waals surface area (Å²) in [5.41, 5.74) is -1.92. The van der Waals surface area contributed by atoms with Crippen molar-refractivity contribution in [2.24, 2.45) is 0 Å². The molecule has 25 heavy (non-hydrogen) atoms. The Morgan fingerprint density at radius 1 is 1.08 bits per heavy atom. The Bertz CT molecular complexity index is 820. The van der Waals surface area contributed by atoms with E-state index >= 15 is 0 Å². The molecular formula is C18H14F3NO3. The number of nitrogens with one attached hydrogen (secondary N) is 1. The highest BCUT2D eigenvalue weighted by Gasteiger charge is 2.62. The molecular weight excluding hydrogens is 335 g/mol. The highest BCUT2D eigenvalue weighted by Crippen LogP contribution is 2.51. The van der Waals surface area contributed by atoms with Crippen LogP contribution in [0, 0.1) is 0 Å². The first-order chi connectivity index (χ1) is 11.7. The number of halogens is 3. The summed E-state index contributed by atoms with van der Waals surface area (Å²) < 4.78 is 38.3. The van der Waals surface area contributed by atoms with Crippen molar-refractivity contribution in [2.75, 3.05) is 0 Å². The summed E-state index contributed by atoms with van der Waals surface area (Å²) in [5.74, 6) is -2.46. The number of hydrogen-bond acceptors (Lipinski definition) is 2. The maximum absolute atomic E-state index is 12.8. The van der Waals surface area contributed by atoms with Gasteiger partial charge in [-0.2, -0.15) is 13.2 Å². The molecule has 7 heteroatoms. The molecule has 2 aromatic rings. The van der Waals surface area contributed by atoms with E-state index in [-0.39, 0.29) is 12.0 Å². The van der Waals surface area contributed by atoms with Crippen molar-refractivity contribution in [3.63, 3.8) is 0 Å². The number of carboxylic acids is 1. The second-order valence-corrected chi connectivity index (χ2v) is 5.98. The number of aliphatic carboxylic acids is 1. The van der Waals surface area contributed by atoms with Crippen LogP contribution >= 0.6 is 0 Å². The first-order valence-electron chi connectivity index (χ1n) is 7.52. The molecule has 1 fully saturated rings. The predicted octanol–water partition coefficient (Wildman–Crippen LogP) is 3.45. The first kappa shape index (κ1) is 17.0. The minimum absolute atomic E-state index is 0.192. The van der Waals surface area contributed by atoms with E-state index in [9.17, 15) is 27.9 Å². The Balaban J connectivity index is 1.83. The topological polar surface area (TPSA) is 66.4 Å². The SMILES string of the molecule is O=C(NC1(C(=O)O)CC1c1ccccc1)c1cccc(C(F)(F)F)c1. The molecule has 0 aliphatic heterocycles. The lowest BCUT2D eigenvalue weighted by Crippen LogP contribution is -2.44. The van der Waals surface area contributed by atoms with Crippen molar-refractivity contribution < 1.29 is 27.9 Å². The number of alkyl halides is 3. The second kappa shape index (κ2) is 5.91. The Kier molecular flexibility index (Phi) is 4.02. The van der Waals surface area contributed by atoms with Crippen molar-refractivity contribution in [3.8, 4) is 0 Å². The van der Waals surface area contributed by atoms with Crippen LogP contribution in [0.2, 0.25) is 0 Å². The van der Waals surface area contributed by atoms with Gasteiger partial charge >= 0.3 is 12.1 Å². The van der Waals surface area contributed by atoms with Gasteiger partial charge in [0.2, 0.25) is 0 Å². The van der Waals surface area contributed by atoms with Crippen molar-refractivity contribution in [1.29, 1.82) is 0 Å². The van der Waals surface area contributed by atoms with E-state index in [1.165, 1.54) is 6.07 Å². The average molecular weight is 349 g/mol. The fourth-order valence-electron chi connectivity index (χ4n) is 2.89. The maximum atomic E-state index is 12.8. The third-order valence-corrected chi connectivity index (χ3v) is 4.33. The first-order valence-corrected chi connectivity index (χ1v) is 7.52. The van der Waals surface area contributed by atoms with E-state index in [1.807, 2.05) is 0 Å². The monoisotopic (exact) mass is 349 g/mol. The van der Waals surface area contributed by atoms with Gasteiger partial charge in [-0.1, -0.05) is 36.4 Å². The number of carbonyl (C=O) groups excluding carboxylic acids is 1. The third-order valence-electron chi connectivity index (χ3n) is 4.33. The zero-order valence-electron chi connectivity index (χ0n) is 12.9. The number of carboxylic acid groups (broad SMARTS) is 1. The number of carbonyl (C=O) groups is 2. The lowest BCUT2D eigenvalue weighted by molar-refractivity contribution is -0.140. The normalized spacial score (nSPS) is 22.3. The van der Waals surface area contributed by atoms with Crippen LogP contribution in [0.15, 0.2) is 54.6 Å². The Hall–Kier alpha value is -2.83. The van der Waals surface area contributed by atoms with Gasteiger partial charge in [0.25, 0.3) is 5.91 Å². The van der Waals surface area contributed by atoms with Crippen LogP contribution in [-0.2, 0) is 11.0 Å². The molecule has 1 aliphatic rings. The fourth-order valence-corrected chi connectivity index (χ4v) is 2.89. The van der Waals surface area contributed by atoms with Crippen LogP contribution in [0.3, 0.4) is 0 Å². The molecule has 3 rings (SSSR count). The van der Waals surface area contributed by atoms with Crippen LogP contribution in [-0.4, -0.2) is 22.5 Å². The fraction of sp³-hybridized carbons (Fsp3) is 0.222. The van der Waals surface area contributed by atoms with Gasteiger partial charge in [-0.25, -0.2) is 4.79 Å². The van der Waals surface area contributed by atoms with Gasteiger partial charge in [0.1, 0.15) is 5.54 Å². The van der Waals surface area contributed by atoms with Crippen molar-refractivity contribution in [3.05, 3.63) is 71.3 Å². The van der Waals surface area contributed by atoms with Gasteiger partial charge in [-0.3, -0.25) is 4.79 Å². The quantitative estimate of drug-likeness (QED) is 0.889. The third kappa shape index (κ3) is 3.22. The molecule has 0 radical (unpaired) electrons. The lowest BCUT2D eigenvalue weighted by atomic mass is 10.0. The molecule has 2 N–H and O–H groups in total. The Morgan fingerprint density at radius 2 is 1.76 bits per heavy atom. The van der Waals surface area contributed by atoms with Gasteiger partial charge in [0.05, 0.1) is 5.56 Å². The molecule has 2 unspecified atom stereocenters. The van der Waals surface area contributed by atoms with E-state index in [0.29, 0.717) is 6.07 Å². The van der Waals surface area contributed by atoms with Crippen molar-refractivity contribution in [1.82, 2.24) is 5.32 Å². The average Bonchev–Trinajstić information content (AvgIpc) is 3.31. The Labute approximate surface area is 141 Å². The van der Waals surface area contributed by atoms with E-state index in [4.69, 9.17) is 0 Å². The highest BCUT2D eigenvalue weighted by atomic mass is 19.4. The summed E-state index contributed by atoms with van der Waals surface area (Å²) >= 11 is 0. The number of amides is 1. The molecule has 0 spiro atoms. The largest absolute Gasteiger partial charge is 0.479 e. The minimum Gasteiger partial charge on any atom is -0.479 e. The number of rotatable bonds is 4. The molecule has 0 bridgehead atoms. The molecule has 0 aromatic heterocycles. The zero-order valence-corrected chi connectivity index (χ0v) is 12.9. The minimum atomic E-state index is -4.58. The molecule has 130 valence electrons. The number of benzene rings is 2. The van der Waals surface area contributed by atoms with Crippen LogP contribution in [0.4, 0.5) is 13.2 Å². The van der Waals surface area contributed by atoms with Gasteiger partial charge in [0.15, 0.2) is 0 Å². The van der Waals surface area contributed by atoms with Gasteiger partial charge < -0.3 is 10.4 Å². The van der Waals surface area contributed by atoms with E-state index in [1.54, 1.807) is 30.3 Å². The molecule has 0 saturated heterocycles. The van der Waals surface area contributed by atoms with Crippen molar-refractivity contribution in [2.45, 2.75) is 24.1 Å². The molecule has 2 aromatic carbocycles. The van der Waals surface area contributed by atoms with Crippen LogP contribution < -0.4 is 5.32 Å². The molecule has 1 saturated carbocycles. The van der Waals surface area contributed by atoms with Gasteiger partial charge in [0, 0.05) is 11.5 Å². The highest BCUT2D eigenvalue weighted by molar-refractivity contribution is 6.00. The molecule has 1 aliphatic carbocycles.